The number of rotatable bonds is 5. The van der Waals surface area contributed by atoms with Crippen molar-refractivity contribution in [2.24, 2.45) is 16.3 Å². The largest absolute Gasteiger partial charge is 0.356 e. The van der Waals surface area contributed by atoms with E-state index < -0.39 is 0 Å². The molecule has 0 aromatic rings. The number of aliphatic imine (C=N–C) groups is 1. The lowest BCUT2D eigenvalue weighted by molar-refractivity contribution is 0.186. The molecule has 0 aromatic carbocycles. The van der Waals surface area contributed by atoms with E-state index >= 15 is 0 Å². The summed E-state index contributed by atoms with van der Waals surface area (Å²) in [6, 6.07) is 0.575. The second kappa shape index (κ2) is 8.19. The number of guanidine groups is 1. The smallest absolute Gasteiger partial charge is 0.191 e. The molecule has 1 heterocycles. The highest BCUT2D eigenvalue weighted by molar-refractivity contribution is 5.80. The van der Waals surface area contributed by atoms with Gasteiger partial charge in [0.2, 0.25) is 0 Å². The van der Waals surface area contributed by atoms with Gasteiger partial charge in [0.15, 0.2) is 5.96 Å². The van der Waals surface area contributed by atoms with Gasteiger partial charge < -0.3 is 15.5 Å². The predicted molar refractivity (Wildman–Crippen MR) is 95.4 cm³/mol. The summed E-state index contributed by atoms with van der Waals surface area (Å²) < 4.78 is 0. The molecule has 0 spiro atoms. The monoisotopic (exact) mass is 308 g/mol. The van der Waals surface area contributed by atoms with Gasteiger partial charge in [-0.15, -0.1) is 0 Å². The van der Waals surface area contributed by atoms with Gasteiger partial charge in [-0.1, -0.05) is 33.6 Å². The molecule has 2 rings (SSSR count). The Balaban J connectivity index is 1.70. The zero-order valence-corrected chi connectivity index (χ0v) is 15.1. The molecule has 128 valence electrons. The Bertz CT molecular complexity index is 350. The van der Waals surface area contributed by atoms with Crippen molar-refractivity contribution in [3.63, 3.8) is 0 Å². The van der Waals surface area contributed by atoms with Crippen LogP contribution in [0.4, 0.5) is 0 Å². The maximum atomic E-state index is 4.42. The van der Waals surface area contributed by atoms with Crippen LogP contribution in [0.1, 0.15) is 59.3 Å². The third-order valence-corrected chi connectivity index (χ3v) is 5.27. The molecule has 0 atom stereocenters. The van der Waals surface area contributed by atoms with E-state index in [-0.39, 0.29) is 0 Å². The molecular formula is C18H36N4. The zero-order valence-electron chi connectivity index (χ0n) is 15.1. The van der Waals surface area contributed by atoms with Crippen molar-refractivity contribution in [3.8, 4) is 0 Å². The van der Waals surface area contributed by atoms with Gasteiger partial charge in [-0.3, -0.25) is 4.99 Å². The van der Waals surface area contributed by atoms with Gasteiger partial charge in [-0.25, -0.2) is 0 Å². The molecule has 1 aliphatic heterocycles. The van der Waals surface area contributed by atoms with Crippen molar-refractivity contribution in [3.05, 3.63) is 0 Å². The zero-order chi connectivity index (χ0) is 16.0. The fourth-order valence-corrected chi connectivity index (χ4v) is 3.87. The van der Waals surface area contributed by atoms with E-state index in [1.54, 1.807) is 0 Å². The van der Waals surface area contributed by atoms with E-state index in [2.05, 4.69) is 41.3 Å². The van der Waals surface area contributed by atoms with Crippen LogP contribution in [-0.4, -0.2) is 50.1 Å². The lowest BCUT2D eigenvalue weighted by Gasteiger charge is -2.34. The topological polar surface area (TPSA) is 39.7 Å². The molecule has 1 saturated carbocycles. The average molecular weight is 309 g/mol. The summed E-state index contributed by atoms with van der Waals surface area (Å²) in [7, 11) is 1.89. The number of piperidine rings is 1. The van der Waals surface area contributed by atoms with Crippen molar-refractivity contribution >= 4 is 5.96 Å². The molecule has 0 amide bonds. The summed E-state index contributed by atoms with van der Waals surface area (Å²) >= 11 is 0. The maximum Gasteiger partial charge on any atom is 0.191 e. The molecule has 0 radical (unpaired) electrons. The first-order valence-corrected chi connectivity index (χ1v) is 9.20. The van der Waals surface area contributed by atoms with Crippen LogP contribution in [0, 0.1) is 11.3 Å². The van der Waals surface area contributed by atoms with E-state index in [1.807, 2.05) is 7.05 Å². The molecule has 0 unspecified atom stereocenters. The number of nitrogens with zero attached hydrogens (tertiary/aromatic N) is 2. The van der Waals surface area contributed by atoms with Crippen molar-refractivity contribution in [2.75, 3.05) is 33.2 Å². The van der Waals surface area contributed by atoms with E-state index in [1.165, 1.54) is 58.2 Å². The van der Waals surface area contributed by atoms with E-state index in [9.17, 15) is 0 Å². The molecule has 0 bridgehead atoms. The van der Waals surface area contributed by atoms with Crippen LogP contribution in [0.2, 0.25) is 0 Å². The van der Waals surface area contributed by atoms with Gasteiger partial charge >= 0.3 is 0 Å². The van der Waals surface area contributed by atoms with Crippen LogP contribution in [0.3, 0.4) is 0 Å². The molecule has 2 fully saturated rings. The third kappa shape index (κ3) is 5.45. The van der Waals surface area contributed by atoms with Crippen LogP contribution in [0.25, 0.3) is 0 Å². The maximum absolute atomic E-state index is 4.42. The molecule has 0 aromatic heterocycles. The average Bonchev–Trinajstić information content (AvgIpc) is 2.92. The molecule has 2 N–H and O–H groups in total. The normalized spacial score (nSPS) is 24.0. The highest BCUT2D eigenvalue weighted by atomic mass is 15.2. The summed E-state index contributed by atoms with van der Waals surface area (Å²) in [5, 5.41) is 7.20. The summed E-state index contributed by atoms with van der Waals surface area (Å²) in [4.78, 5) is 7.02. The van der Waals surface area contributed by atoms with Gasteiger partial charge in [0, 0.05) is 39.3 Å². The Labute approximate surface area is 137 Å². The van der Waals surface area contributed by atoms with Crippen LogP contribution < -0.4 is 10.6 Å². The quantitative estimate of drug-likeness (QED) is 0.606. The molecule has 1 aliphatic carbocycles. The Hall–Kier alpha value is -0.770. The van der Waals surface area contributed by atoms with Crippen molar-refractivity contribution in [1.82, 2.24) is 15.5 Å². The minimum Gasteiger partial charge on any atom is -0.356 e. The predicted octanol–water partition coefficient (Wildman–Crippen LogP) is 2.85. The lowest BCUT2D eigenvalue weighted by Crippen LogP contribution is -2.50. The van der Waals surface area contributed by atoms with Crippen LogP contribution in [-0.2, 0) is 0 Å². The lowest BCUT2D eigenvalue weighted by atomic mass is 9.89. The van der Waals surface area contributed by atoms with Gasteiger partial charge in [0.1, 0.15) is 0 Å². The van der Waals surface area contributed by atoms with E-state index in [0.717, 1.165) is 18.4 Å². The van der Waals surface area contributed by atoms with Crippen molar-refractivity contribution < 1.29 is 0 Å². The molecule has 2 aliphatic rings. The molecule has 4 nitrogen and oxygen atoms in total. The molecule has 4 heteroatoms. The minimum absolute atomic E-state index is 0.470. The molecule has 1 saturated heterocycles. The van der Waals surface area contributed by atoms with Gasteiger partial charge in [0.05, 0.1) is 0 Å². The van der Waals surface area contributed by atoms with E-state index in [4.69, 9.17) is 0 Å². The number of hydrogen-bond acceptors (Lipinski definition) is 2. The standard InChI is InChI=1S/C18H36N4/c1-15(2)13-22-11-7-16(8-12-22)21-17(19-4)20-14-18(3)9-5-6-10-18/h15-16H,5-14H2,1-4H3,(H2,19,20,21). The molecular weight excluding hydrogens is 272 g/mol. The van der Waals surface area contributed by atoms with Crippen molar-refractivity contribution in [2.45, 2.75) is 65.3 Å². The minimum atomic E-state index is 0.470. The second-order valence-electron chi connectivity index (χ2n) is 8.06. The molecule has 22 heavy (non-hydrogen) atoms. The Kier molecular flexibility index (Phi) is 6.54. The van der Waals surface area contributed by atoms with Gasteiger partial charge in [0.25, 0.3) is 0 Å². The summed E-state index contributed by atoms with van der Waals surface area (Å²) in [6.45, 7) is 11.7. The Morgan fingerprint density at radius 1 is 1.23 bits per heavy atom. The number of nitrogens with one attached hydrogen (secondary N) is 2. The van der Waals surface area contributed by atoms with Gasteiger partial charge in [-0.05, 0) is 37.0 Å². The Morgan fingerprint density at radius 2 is 1.86 bits per heavy atom. The summed E-state index contributed by atoms with van der Waals surface area (Å²) in [5.74, 6) is 1.77. The fourth-order valence-electron chi connectivity index (χ4n) is 3.87. The third-order valence-electron chi connectivity index (χ3n) is 5.27. The SMILES string of the molecule is CN=C(NCC1(C)CCCC1)NC1CCN(CC(C)C)CC1. The van der Waals surface area contributed by atoms with Crippen molar-refractivity contribution in [1.29, 1.82) is 0 Å². The first-order chi connectivity index (χ1) is 10.5. The van der Waals surface area contributed by atoms with Gasteiger partial charge in [-0.2, -0.15) is 0 Å². The van der Waals surface area contributed by atoms with Crippen LogP contribution in [0.5, 0.6) is 0 Å². The highest BCUT2D eigenvalue weighted by Crippen LogP contribution is 2.36. The van der Waals surface area contributed by atoms with Crippen LogP contribution >= 0.6 is 0 Å². The van der Waals surface area contributed by atoms with E-state index in [0.29, 0.717) is 11.5 Å². The highest BCUT2D eigenvalue weighted by Gasteiger charge is 2.29. The number of hydrogen-bond donors (Lipinski definition) is 2. The second-order valence-corrected chi connectivity index (χ2v) is 8.06. The summed E-state index contributed by atoms with van der Waals surface area (Å²) in [6.07, 6.45) is 7.93. The Morgan fingerprint density at radius 3 is 2.41 bits per heavy atom. The van der Waals surface area contributed by atoms with Crippen LogP contribution in [0.15, 0.2) is 4.99 Å². The number of likely N-dealkylation sites (tertiary alicyclic amines) is 1. The summed E-state index contributed by atoms with van der Waals surface area (Å²) in [5.41, 5.74) is 0.470. The first kappa shape index (κ1) is 17.6. The first-order valence-electron chi connectivity index (χ1n) is 9.20. The fraction of sp³-hybridized carbons (Fsp3) is 0.944.